The zero-order valence-electron chi connectivity index (χ0n) is 9.42. The molecule has 0 fully saturated rings. The zero-order valence-corrected chi connectivity index (χ0v) is 9.42. The van der Waals surface area contributed by atoms with Crippen molar-refractivity contribution >= 4 is 0 Å². The van der Waals surface area contributed by atoms with Crippen molar-refractivity contribution in [1.82, 2.24) is 4.90 Å². The molecular formula is C10H24N2O. The van der Waals surface area contributed by atoms with Crippen molar-refractivity contribution in [3.8, 4) is 0 Å². The van der Waals surface area contributed by atoms with Gasteiger partial charge in [-0.2, -0.15) is 0 Å². The first-order valence-corrected chi connectivity index (χ1v) is 5.07. The molecule has 0 aliphatic heterocycles. The lowest BCUT2D eigenvalue weighted by Gasteiger charge is -2.27. The standard InChI is InChI=1S/C10H24N2O/c1-9(2)10(3)12(4)6-8-13-7-5-11/h9-10H,5-8,11H2,1-4H3. The van der Waals surface area contributed by atoms with Gasteiger partial charge in [-0.3, -0.25) is 0 Å². The van der Waals surface area contributed by atoms with Crippen molar-refractivity contribution in [1.29, 1.82) is 0 Å². The fourth-order valence-corrected chi connectivity index (χ4v) is 1.11. The molecule has 2 N–H and O–H groups in total. The van der Waals surface area contributed by atoms with E-state index in [0.29, 0.717) is 25.1 Å². The number of nitrogens with two attached hydrogens (primary N) is 1. The molecule has 0 aromatic heterocycles. The molecule has 0 saturated heterocycles. The molecule has 0 amide bonds. The topological polar surface area (TPSA) is 38.5 Å². The first kappa shape index (κ1) is 12.9. The molecule has 1 unspecified atom stereocenters. The van der Waals surface area contributed by atoms with Crippen LogP contribution in [-0.2, 0) is 4.74 Å². The van der Waals surface area contributed by atoms with Crippen LogP contribution in [0, 0.1) is 5.92 Å². The number of likely N-dealkylation sites (N-methyl/N-ethyl adjacent to an activating group) is 1. The minimum atomic E-state index is 0.612. The molecule has 1 atom stereocenters. The first-order chi connectivity index (χ1) is 6.09. The van der Waals surface area contributed by atoms with Crippen molar-refractivity contribution in [3.05, 3.63) is 0 Å². The Balaban J connectivity index is 3.44. The monoisotopic (exact) mass is 188 g/mol. The van der Waals surface area contributed by atoms with Crippen LogP contribution in [0.3, 0.4) is 0 Å². The molecular weight excluding hydrogens is 164 g/mol. The molecule has 3 heteroatoms. The van der Waals surface area contributed by atoms with Gasteiger partial charge in [0.15, 0.2) is 0 Å². The number of hydrogen-bond acceptors (Lipinski definition) is 3. The van der Waals surface area contributed by atoms with Gasteiger partial charge in [0.25, 0.3) is 0 Å². The second-order valence-electron chi connectivity index (χ2n) is 3.87. The average Bonchev–Trinajstić information content (AvgIpc) is 2.10. The van der Waals surface area contributed by atoms with E-state index in [1.165, 1.54) is 0 Å². The molecule has 0 bridgehead atoms. The van der Waals surface area contributed by atoms with Crippen LogP contribution in [0.15, 0.2) is 0 Å². The summed E-state index contributed by atoms with van der Waals surface area (Å²) in [4.78, 5) is 2.32. The van der Waals surface area contributed by atoms with E-state index in [-0.39, 0.29) is 0 Å². The maximum absolute atomic E-state index is 5.32. The first-order valence-electron chi connectivity index (χ1n) is 5.07. The Bertz CT molecular complexity index is 117. The number of hydrogen-bond donors (Lipinski definition) is 1. The van der Waals surface area contributed by atoms with E-state index in [2.05, 4.69) is 32.7 Å². The Labute approximate surface area is 82.2 Å². The fraction of sp³-hybridized carbons (Fsp3) is 1.00. The van der Waals surface area contributed by atoms with E-state index in [9.17, 15) is 0 Å². The SMILES string of the molecule is CC(C)C(C)N(C)CCOCCN. The maximum atomic E-state index is 5.32. The third-order valence-corrected chi connectivity index (χ3v) is 2.51. The lowest BCUT2D eigenvalue weighted by Crippen LogP contribution is -2.35. The van der Waals surface area contributed by atoms with Crippen LogP contribution >= 0.6 is 0 Å². The highest BCUT2D eigenvalue weighted by molar-refractivity contribution is 4.66. The van der Waals surface area contributed by atoms with Gasteiger partial charge in [-0.15, -0.1) is 0 Å². The van der Waals surface area contributed by atoms with Crippen LogP contribution in [0.25, 0.3) is 0 Å². The number of nitrogens with zero attached hydrogens (tertiary/aromatic N) is 1. The summed E-state index contributed by atoms with van der Waals surface area (Å²) in [6.45, 7) is 9.77. The van der Waals surface area contributed by atoms with Gasteiger partial charge in [0, 0.05) is 19.1 Å². The molecule has 13 heavy (non-hydrogen) atoms. The second kappa shape index (κ2) is 7.30. The molecule has 0 saturated carbocycles. The van der Waals surface area contributed by atoms with Gasteiger partial charge in [0.1, 0.15) is 0 Å². The highest BCUT2D eigenvalue weighted by Gasteiger charge is 2.11. The lowest BCUT2D eigenvalue weighted by molar-refractivity contribution is 0.0972. The van der Waals surface area contributed by atoms with Crippen molar-refractivity contribution in [2.24, 2.45) is 11.7 Å². The van der Waals surface area contributed by atoms with Crippen LogP contribution in [-0.4, -0.2) is 44.3 Å². The summed E-state index contributed by atoms with van der Waals surface area (Å²) in [5, 5.41) is 0. The molecule has 0 aromatic rings. The maximum Gasteiger partial charge on any atom is 0.0594 e. The number of ether oxygens (including phenoxy) is 1. The van der Waals surface area contributed by atoms with Gasteiger partial charge in [0.2, 0.25) is 0 Å². The Morgan fingerprint density at radius 2 is 1.85 bits per heavy atom. The van der Waals surface area contributed by atoms with E-state index in [1.807, 2.05) is 0 Å². The Morgan fingerprint density at radius 3 is 2.31 bits per heavy atom. The van der Waals surface area contributed by atoms with Gasteiger partial charge in [-0.05, 0) is 19.9 Å². The lowest BCUT2D eigenvalue weighted by atomic mass is 10.1. The summed E-state index contributed by atoms with van der Waals surface area (Å²) in [5.41, 5.74) is 5.31. The Hall–Kier alpha value is -0.120. The quantitative estimate of drug-likeness (QED) is 0.604. The largest absolute Gasteiger partial charge is 0.379 e. The molecule has 3 nitrogen and oxygen atoms in total. The van der Waals surface area contributed by atoms with Crippen LogP contribution in [0.1, 0.15) is 20.8 Å². The van der Waals surface area contributed by atoms with Crippen molar-refractivity contribution in [2.75, 3.05) is 33.4 Å². The van der Waals surface area contributed by atoms with Gasteiger partial charge in [0.05, 0.1) is 13.2 Å². The minimum absolute atomic E-state index is 0.612. The molecule has 0 radical (unpaired) electrons. The van der Waals surface area contributed by atoms with Crippen molar-refractivity contribution < 1.29 is 4.74 Å². The van der Waals surface area contributed by atoms with Gasteiger partial charge >= 0.3 is 0 Å². The van der Waals surface area contributed by atoms with Gasteiger partial charge in [-0.25, -0.2) is 0 Å². The molecule has 0 aromatic carbocycles. The highest BCUT2D eigenvalue weighted by Crippen LogP contribution is 2.06. The van der Waals surface area contributed by atoms with E-state index in [4.69, 9.17) is 10.5 Å². The van der Waals surface area contributed by atoms with Crippen molar-refractivity contribution in [2.45, 2.75) is 26.8 Å². The predicted molar refractivity (Wildman–Crippen MR) is 56.8 cm³/mol. The number of rotatable bonds is 7. The summed E-state index contributed by atoms with van der Waals surface area (Å²) < 4.78 is 5.32. The molecule has 80 valence electrons. The molecule has 0 heterocycles. The third-order valence-electron chi connectivity index (χ3n) is 2.51. The molecule has 0 spiro atoms. The highest BCUT2D eigenvalue weighted by atomic mass is 16.5. The summed E-state index contributed by atoms with van der Waals surface area (Å²) in [6, 6.07) is 0.612. The molecule has 0 aliphatic carbocycles. The normalized spacial score (nSPS) is 14.1. The van der Waals surface area contributed by atoms with Crippen LogP contribution in [0.4, 0.5) is 0 Å². The smallest absolute Gasteiger partial charge is 0.0594 e. The second-order valence-corrected chi connectivity index (χ2v) is 3.87. The van der Waals surface area contributed by atoms with Gasteiger partial charge < -0.3 is 15.4 Å². The zero-order chi connectivity index (χ0) is 10.3. The van der Waals surface area contributed by atoms with E-state index in [0.717, 1.165) is 13.2 Å². The Morgan fingerprint density at radius 1 is 1.23 bits per heavy atom. The molecule has 0 aliphatic rings. The summed E-state index contributed by atoms with van der Waals surface area (Å²) >= 11 is 0. The minimum Gasteiger partial charge on any atom is -0.379 e. The summed E-state index contributed by atoms with van der Waals surface area (Å²) in [5.74, 6) is 0.694. The van der Waals surface area contributed by atoms with Crippen LogP contribution in [0.5, 0.6) is 0 Å². The fourth-order valence-electron chi connectivity index (χ4n) is 1.11. The van der Waals surface area contributed by atoms with Crippen molar-refractivity contribution in [3.63, 3.8) is 0 Å². The van der Waals surface area contributed by atoms with Gasteiger partial charge in [-0.1, -0.05) is 13.8 Å². The average molecular weight is 188 g/mol. The summed E-state index contributed by atoms with van der Waals surface area (Å²) in [7, 11) is 2.14. The Kier molecular flexibility index (Phi) is 7.23. The van der Waals surface area contributed by atoms with E-state index >= 15 is 0 Å². The van der Waals surface area contributed by atoms with Crippen LogP contribution in [0.2, 0.25) is 0 Å². The summed E-state index contributed by atoms with van der Waals surface area (Å²) in [6.07, 6.45) is 0. The van der Waals surface area contributed by atoms with E-state index < -0.39 is 0 Å². The van der Waals surface area contributed by atoms with Crippen LogP contribution < -0.4 is 5.73 Å². The van der Waals surface area contributed by atoms with E-state index in [1.54, 1.807) is 0 Å². The predicted octanol–water partition coefficient (Wildman–Crippen LogP) is 0.938. The third kappa shape index (κ3) is 6.02. The molecule has 0 rings (SSSR count).